The largest absolute Gasteiger partial charge is 0.447 e. The van der Waals surface area contributed by atoms with E-state index >= 15 is 0 Å². The van der Waals surface area contributed by atoms with Crippen molar-refractivity contribution in [1.29, 1.82) is 0 Å². The van der Waals surface area contributed by atoms with Crippen LogP contribution in [-0.2, 0) is 23.9 Å². The quantitative estimate of drug-likeness (QED) is 0.437. The molecule has 0 radical (unpaired) electrons. The minimum Gasteiger partial charge on any atom is -0.447 e. The van der Waals surface area contributed by atoms with Gasteiger partial charge in [-0.3, -0.25) is 4.79 Å². The van der Waals surface area contributed by atoms with E-state index in [0.29, 0.717) is 0 Å². The Hall–Kier alpha value is -1.65. The van der Waals surface area contributed by atoms with Gasteiger partial charge in [0.15, 0.2) is 6.10 Å². The summed E-state index contributed by atoms with van der Waals surface area (Å²) in [7, 11) is 0. The van der Waals surface area contributed by atoms with E-state index in [0.717, 1.165) is 0 Å². The molecule has 0 aliphatic heterocycles. The summed E-state index contributed by atoms with van der Waals surface area (Å²) in [6, 6.07) is 0. The number of rotatable bonds is 4. The normalized spacial score (nSPS) is 12.5. The lowest BCUT2D eigenvalue weighted by molar-refractivity contribution is -0.176. The van der Waals surface area contributed by atoms with Crippen molar-refractivity contribution in [2.45, 2.75) is 47.1 Å². The van der Waals surface area contributed by atoms with Gasteiger partial charge in [-0.05, 0) is 34.1 Å². The predicted octanol–water partition coefficient (Wildman–Crippen LogP) is 2.00. The summed E-state index contributed by atoms with van der Waals surface area (Å²) >= 11 is 0. The Balaban J connectivity index is 4.59. The van der Waals surface area contributed by atoms with Crippen LogP contribution in [0.15, 0.2) is 12.2 Å². The van der Waals surface area contributed by atoms with E-state index in [1.165, 1.54) is 6.92 Å². The molecular formula is C13H20O5. The van der Waals surface area contributed by atoms with Crippen LogP contribution < -0.4 is 0 Å². The Morgan fingerprint density at radius 3 is 2.06 bits per heavy atom. The molecule has 102 valence electrons. The van der Waals surface area contributed by atoms with E-state index in [1.807, 2.05) is 0 Å². The number of ether oxygens (including phenoxy) is 2. The first-order chi connectivity index (χ1) is 8.09. The molecule has 0 heterocycles. The first kappa shape index (κ1) is 16.4. The molecule has 1 unspecified atom stereocenters. The van der Waals surface area contributed by atoms with Gasteiger partial charge in [0.2, 0.25) is 0 Å². The third kappa shape index (κ3) is 5.12. The zero-order valence-corrected chi connectivity index (χ0v) is 11.5. The Kier molecular flexibility index (Phi) is 5.75. The fourth-order valence-electron chi connectivity index (χ4n) is 0.838. The highest BCUT2D eigenvalue weighted by Crippen LogP contribution is 2.16. The summed E-state index contributed by atoms with van der Waals surface area (Å²) in [6.45, 7) is 11.4. The van der Waals surface area contributed by atoms with E-state index in [9.17, 15) is 14.4 Å². The highest BCUT2D eigenvalue weighted by atomic mass is 16.6. The van der Waals surface area contributed by atoms with Crippen molar-refractivity contribution in [2.24, 2.45) is 5.41 Å². The van der Waals surface area contributed by atoms with Crippen LogP contribution in [0.1, 0.15) is 41.0 Å². The molecule has 0 rings (SSSR count). The van der Waals surface area contributed by atoms with E-state index in [-0.39, 0.29) is 12.0 Å². The van der Waals surface area contributed by atoms with Crippen LogP contribution in [0.3, 0.4) is 0 Å². The van der Waals surface area contributed by atoms with Crippen molar-refractivity contribution in [3.05, 3.63) is 12.2 Å². The minimum absolute atomic E-state index is 0.184. The van der Waals surface area contributed by atoms with Crippen LogP contribution in [0.25, 0.3) is 0 Å². The van der Waals surface area contributed by atoms with Crippen LogP contribution in [0, 0.1) is 5.41 Å². The van der Waals surface area contributed by atoms with Gasteiger partial charge in [-0.2, -0.15) is 0 Å². The van der Waals surface area contributed by atoms with Gasteiger partial charge < -0.3 is 9.47 Å². The molecular weight excluding hydrogens is 236 g/mol. The number of carbonyl (C=O) groups excluding carboxylic acids is 3. The molecule has 1 atom stereocenters. The molecule has 0 saturated heterocycles. The molecule has 0 aromatic heterocycles. The lowest BCUT2D eigenvalue weighted by atomic mass is 9.97. The van der Waals surface area contributed by atoms with Crippen molar-refractivity contribution >= 4 is 17.9 Å². The molecule has 5 nitrogen and oxygen atoms in total. The fraction of sp³-hybridized carbons (Fsp3) is 0.615. The van der Waals surface area contributed by atoms with Gasteiger partial charge in [0.1, 0.15) is 0 Å². The zero-order valence-electron chi connectivity index (χ0n) is 11.5. The molecule has 0 amide bonds. The van der Waals surface area contributed by atoms with E-state index < -0.39 is 29.4 Å². The van der Waals surface area contributed by atoms with Crippen LogP contribution >= 0.6 is 0 Å². The lowest BCUT2D eigenvalue weighted by Crippen LogP contribution is -2.34. The Labute approximate surface area is 107 Å². The van der Waals surface area contributed by atoms with Crippen molar-refractivity contribution in [2.75, 3.05) is 0 Å². The topological polar surface area (TPSA) is 69.7 Å². The molecule has 0 N–H and O–H groups in total. The van der Waals surface area contributed by atoms with Crippen molar-refractivity contribution in [1.82, 2.24) is 0 Å². The van der Waals surface area contributed by atoms with Gasteiger partial charge in [-0.15, -0.1) is 0 Å². The van der Waals surface area contributed by atoms with Crippen LogP contribution in [0.2, 0.25) is 0 Å². The molecule has 0 fully saturated rings. The van der Waals surface area contributed by atoms with Gasteiger partial charge in [0.05, 0.1) is 5.41 Å². The fourth-order valence-corrected chi connectivity index (χ4v) is 0.838. The molecule has 0 bridgehead atoms. The van der Waals surface area contributed by atoms with Crippen LogP contribution in [0.4, 0.5) is 0 Å². The molecule has 0 spiro atoms. The second-order valence-electron chi connectivity index (χ2n) is 5.04. The Morgan fingerprint density at radius 1 is 1.22 bits per heavy atom. The second-order valence-corrected chi connectivity index (χ2v) is 5.04. The van der Waals surface area contributed by atoms with E-state index in [2.05, 4.69) is 11.3 Å². The summed E-state index contributed by atoms with van der Waals surface area (Å²) in [5, 5.41) is 0. The van der Waals surface area contributed by atoms with Crippen LogP contribution in [-0.4, -0.2) is 24.0 Å². The Morgan fingerprint density at radius 2 is 1.72 bits per heavy atom. The maximum atomic E-state index is 11.6. The molecule has 0 saturated carbocycles. The third-order valence-corrected chi connectivity index (χ3v) is 2.04. The molecule has 18 heavy (non-hydrogen) atoms. The number of carbonyl (C=O) groups is 3. The summed E-state index contributed by atoms with van der Waals surface area (Å²) in [4.78, 5) is 34.4. The smallest absolute Gasteiger partial charge is 0.355 e. The van der Waals surface area contributed by atoms with E-state index in [4.69, 9.17) is 4.74 Å². The van der Waals surface area contributed by atoms with Gasteiger partial charge in [0, 0.05) is 5.57 Å². The molecule has 0 aromatic rings. The standard InChI is InChI=1S/C13H20O5/c1-7-9(17-10(14)8(2)3)11(15)18-12(16)13(4,5)6/h9H,2,7H2,1,3-6H3. The number of hydrogen-bond donors (Lipinski definition) is 0. The number of esters is 3. The molecule has 5 heteroatoms. The predicted molar refractivity (Wildman–Crippen MR) is 65.5 cm³/mol. The SMILES string of the molecule is C=C(C)C(=O)OC(CC)C(=O)OC(=O)C(C)(C)C. The average Bonchev–Trinajstić information content (AvgIpc) is 2.23. The number of hydrogen-bond acceptors (Lipinski definition) is 5. The maximum absolute atomic E-state index is 11.6. The lowest BCUT2D eigenvalue weighted by Gasteiger charge is -2.18. The van der Waals surface area contributed by atoms with Crippen molar-refractivity contribution in [3.63, 3.8) is 0 Å². The highest BCUT2D eigenvalue weighted by Gasteiger charge is 2.30. The summed E-state index contributed by atoms with van der Waals surface area (Å²) in [6.07, 6.45) is -0.851. The van der Waals surface area contributed by atoms with E-state index in [1.54, 1.807) is 27.7 Å². The highest BCUT2D eigenvalue weighted by molar-refractivity contribution is 5.93. The summed E-state index contributed by atoms with van der Waals surface area (Å²) in [5.74, 6) is -2.19. The monoisotopic (exact) mass is 256 g/mol. The third-order valence-electron chi connectivity index (χ3n) is 2.04. The first-order valence-electron chi connectivity index (χ1n) is 5.72. The molecule has 0 aromatic carbocycles. The van der Waals surface area contributed by atoms with Crippen molar-refractivity contribution < 1.29 is 23.9 Å². The minimum atomic E-state index is -1.08. The van der Waals surface area contributed by atoms with Gasteiger partial charge >= 0.3 is 17.9 Å². The zero-order chi connectivity index (χ0) is 14.5. The molecule has 0 aliphatic carbocycles. The maximum Gasteiger partial charge on any atom is 0.355 e. The molecule has 0 aliphatic rings. The van der Waals surface area contributed by atoms with Crippen LogP contribution in [0.5, 0.6) is 0 Å². The van der Waals surface area contributed by atoms with Gasteiger partial charge in [0.25, 0.3) is 0 Å². The van der Waals surface area contributed by atoms with Crippen molar-refractivity contribution in [3.8, 4) is 0 Å². The average molecular weight is 256 g/mol. The second kappa shape index (κ2) is 6.33. The first-order valence-corrected chi connectivity index (χ1v) is 5.72. The Bertz CT molecular complexity index is 362. The summed E-state index contributed by atoms with van der Waals surface area (Å²) < 4.78 is 9.53. The van der Waals surface area contributed by atoms with Gasteiger partial charge in [-0.1, -0.05) is 13.5 Å². The summed E-state index contributed by atoms with van der Waals surface area (Å²) in [5.41, 5.74) is -0.602. The van der Waals surface area contributed by atoms with Gasteiger partial charge in [-0.25, -0.2) is 9.59 Å².